The predicted molar refractivity (Wildman–Crippen MR) is 108 cm³/mol. The van der Waals surface area contributed by atoms with Gasteiger partial charge in [0.1, 0.15) is 17.2 Å². The molecule has 0 saturated carbocycles. The van der Waals surface area contributed by atoms with Crippen molar-refractivity contribution in [2.75, 3.05) is 23.3 Å². The molecule has 0 radical (unpaired) electrons. The van der Waals surface area contributed by atoms with Gasteiger partial charge < -0.3 is 10.2 Å². The minimum Gasteiger partial charge on any atom is -0.369 e. The maximum atomic E-state index is 14.5. The average molecular weight is 397 g/mol. The van der Waals surface area contributed by atoms with E-state index in [1.54, 1.807) is 12.1 Å². The fraction of sp³-hybridized carbons (Fsp3) is 0.300. The summed E-state index contributed by atoms with van der Waals surface area (Å²) in [5.74, 6) is -0.963. The third-order valence-electron chi connectivity index (χ3n) is 5.19. The zero-order chi connectivity index (χ0) is 20.7. The molecule has 1 amide bonds. The molecular weight excluding hydrogens is 377 g/mol. The Balaban J connectivity index is 1.63. The van der Waals surface area contributed by atoms with Crippen LogP contribution in [0.5, 0.6) is 0 Å². The van der Waals surface area contributed by atoms with Gasteiger partial charge in [0, 0.05) is 32.9 Å². The molecule has 1 aliphatic heterocycles. The largest absolute Gasteiger partial charge is 0.369 e. The molecule has 8 nitrogen and oxygen atoms in total. The lowest BCUT2D eigenvalue weighted by atomic mass is 10.2. The molecule has 0 unspecified atom stereocenters. The van der Waals surface area contributed by atoms with E-state index in [9.17, 15) is 18.8 Å². The van der Waals surface area contributed by atoms with Gasteiger partial charge in [-0.25, -0.2) is 14.2 Å². The molecule has 1 saturated heterocycles. The van der Waals surface area contributed by atoms with Crippen molar-refractivity contribution in [1.29, 1.82) is 0 Å². The molecule has 3 heterocycles. The van der Waals surface area contributed by atoms with Crippen molar-refractivity contribution in [1.82, 2.24) is 14.1 Å². The first-order valence-corrected chi connectivity index (χ1v) is 9.29. The zero-order valence-corrected chi connectivity index (χ0v) is 16.1. The molecule has 1 fully saturated rings. The molecule has 1 aliphatic rings. The average Bonchev–Trinajstić information content (AvgIpc) is 3.24. The van der Waals surface area contributed by atoms with Gasteiger partial charge in [0.25, 0.3) is 11.5 Å². The van der Waals surface area contributed by atoms with Crippen LogP contribution in [0.1, 0.15) is 23.3 Å². The maximum Gasteiger partial charge on any atom is 0.332 e. The molecule has 0 aliphatic carbocycles. The number of fused-ring (bicyclic) bond motifs is 1. The van der Waals surface area contributed by atoms with E-state index in [1.807, 2.05) is 4.90 Å². The first-order chi connectivity index (χ1) is 13.9. The molecular formula is C20H20FN5O3. The van der Waals surface area contributed by atoms with Gasteiger partial charge in [-0.05, 0) is 43.2 Å². The number of carbonyl (C=O) groups excluding carboxylic acids is 1. The highest BCUT2D eigenvalue weighted by molar-refractivity contribution is 6.03. The fourth-order valence-corrected chi connectivity index (χ4v) is 3.57. The quantitative estimate of drug-likeness (QED) is 0.726. The molecule has 150 valence electrons. The number of benzene rings is 1. The highest BCUT2D eigenvalue weighted by atomic mass is 19.1. The minimum absolute atomic E-state index is 0.0183. The number of rotatable bonds is 3. The molecule has 0 atom stereocenters. The van der Waals surface area contributed by atoms with Crippen molar-refractivity contribution >= 4 is 28.3 Å². The van der Waals surface area contributed by atoms with Gasteiger partial charge in [-0.15, -0.1) is 0 Å². The van der Waals surface area contributed by atoms with E-state index < -0.39 is 23.0 Å². The summed E-state index contributed by atoms with van der Waals surface area (Å²) in [5, 5.41) is 2.84. The van der Waals surface area contributed by atoms with Crippen molar-refractivity contribution in [3.05, 3.63) is 62.7 Å². The number of hydrogen-bond donors (Lipinski definition) is 1. The second-order valence-corrected chi connectivity index (χ2v) is 7.09. The van der Waals surface area contributed by atoms with Crippen molar-refractivity contribution < 1.29 is 9.18 Å². The Labute approximate surface area is 165 Å². The van der Waals surface area contributed by atoms with Crippen LogP contribution in [0, 0.1) is 5.82 Å². The molecule has 29 heavy (non-hydrogen) atoms. The first kappa shape index (κ1) is 18.9. The summed E-state index contributed by atoms with van der Waals surface area (Å²) >= 11 is 0. The van der Waals surface area contributed by atoms with Gasteiger partial charge in [-0.1, -0.05) is 0 Å². The standard InChI is InChI=1S/C20H20FN5O3/c1-24-17-13(19(28)25(2)20(24)29)6-7-15(23-17)18(27)22-12-5-8-16(14(21)11-12)26-9-3-4-10-26/h5-8,11H,3-4,9-10H2,1-2H3,(H,22,27). The summed E-state index contributed by atoms with van der Waals surface area (Å²) in [6, 6.07) is 7.42. The van der Waals surface area contributed by atoms with E-state index in [2.05, 4.69) is 10.3 Å². The summed E-state index contributed by atoms with van der Waals surface area (Å²) < 4.78 is 16.6. The number of anilines is 2. The van der Waals surface area contributed by atoms with E-state index in [1.165, 1.54) is 36.9 Å². The summed E-state index contributed by atoms with van der Waals surface area (Å²) in [6.45, 7) is 1.64. The third-order valence-corrected chi connectivity index (χ3v) is 5.19. The third kappa shape index (κ3) is 3.28. The van der Waals surface area contributed by atoms with Gasteiger partial charge in [0.2, 0.25) is 0 Å². The van der Waals surface area contributed by atoms with E-state index in [-0.39, 0.29) is 16.7 Å². The molecule has 0 spiro atoms. The van der Waals surface area contributed by atoms with Gasteiger partial charge in [-0.3, -0.25) is 18.7 Å². The van der Waals surface area contributed by atoms with Gasteiger partial charge in [0.05, 0.1) is 11.1 Å². The summed E-state index contributed by atoms with van der Waals surface area (Å²) in [6.07, 6.45) is 2.08. The Morgan fingerprint density at radius 3 is 2.48 bits per heavy atom. The maximum absolute atomic E-state index is 14.5. The monoisotopic (exact) mass is 397 g/mol. The Hall–Kier alpha value is -3.49. The molecule has 9 heteroatoms. The molecule has 1 N–H and O–H groups in total. The SMILES string of the molecule is Cn1c(=O)c2ccc(C(=O)Nc3ccc(N4CCCC4)c(F)c3)nc2n(C)c1=O. The van der Waals surface area contributed by atoms with E-state index in [0.717, 1.165) is 30.5 Å². The van der Waals surface area contributed by atoms with E-state index in [4.69, 9.17) is 0 Å². The van der Waals surface area contributed by atoms with Crippen LogP contribution >= 0.6 is 0 Å². The van der Waals surface area contributed by atoms with Crippen LogP contribution in [0.15, 0.2) is 39.9 Å². The number of nitrogens with one attached hydrogen (secondary N) is 1. The van der Waals surface area contributed by atoms with Crippen molar-refractivity contribution in [2.24, 2.45) is 14.1 Å². The highest BCUT2D eigenvalue weighted by Crippen LogP contribution is 2.26. The minimum atomic E-state index is -0.562. The Kier molecular flexibility index (Phi) is 4.65. The molecule has 0 bridgehead atoms. The van der Waals surface area contributed by atoms with Crippen LogP contribution in [0.2, 0.25) is 0 Å². The van der Waals surface area contributed by atoms with Gasteiger partial charge in [0.15, 0.2) is 0 Å². The lowest BCUT2D eigenvalue weighted by molar-refractivity contribution is 0.102. The molecule has 4 rings (SSSR count). The van der Waals surface area contributed by atoms with Crippen molar-refractivity contribution in [3.8, 4) is 0 Å². The van der Waals surface area contributed by atoms with Gasteiger partial charge in [-0.2, -0.15) is 0 Å². The number of amides is 1. The molecule has 3 aromatic rings. The highest BCUT2D eigenvalue weighted by Gasteiger charge is 2.18. The Bertz CT molecular complexity index is 1240. The first-order valence-electron chi connectivity index (χ1n) is 9.29. The number of nitrogens with zero attached hydrogens (tertiary/aromatic N) is 4. The van der Waals surface area contributed by atoms with Crippen LogP contribution in [0.25, 0.3) is 11.0 Å². The normalized spacial score (nSPS) is 13.8. The summed E-state index contributed by atoms with van der Waals surface area (Å²) in [7, 11) is 2.86. The summed E-state index contributed by atoms with van der Waals surface area (Å²) in [4.78, 5) is 43.0. The number of aromatic nitrogens is 3. The van der Waals surface area contributed by atoms with Crippen molar-refractivity contribution in [2.45, 2.75) is 12.8 Å². The molecule has 2 aromatic heterocycles. The van der Waals surface area contributed by atoms with Crippen LogP contribution < -0.4 is 21.5 Å². The van der Waals surface area contributed by atoms with Gasteiger partial charge >= 0.3 is 5.69 Å². The van der Waals surface area contributed by atoms with Crippen LogP contribution in [0.3, 0.4) is 0 Å². The Morgan fingerprint density at radius 1 is 1.07 bits per heavy atom. The number of carbonyl (C=O) groups is 1. The topological polar surface area (TPSA) is 89.2 Å². The lowest BCUT2D eigenvalue weighted by Crippen LogP contribution is -2.37. The van der Waals surface area contributed by atoms with Crippen LogP contribution in [0.4, 0.5) is 15.8 Å². The van der Waals surface area contributed by atoms with Crippen LogP contribution in [-0.4, -0.2) is 33.1 Å². The number of halogens is 1. The predicted octanol–water partition coefficient (Wildman–Crippen LogP) is 1.62. The van der Waals surface area contributed by atoms with E-state index in [0.29, 0.717) is 11.4 Å². The van der Waals surface area contributed by atoms with Crippen molar-refractivity contribution in [3.63, 3.8) is 0 Å². The lowest BCUT2D eigenvalue weighted by Gasteiger charge is -2.18. The number of pyridine rings is 1. The second kappa shape index (κ2) is 7.16. The molecule has 1 aromatic carbocycles. The smallest absolute Gasteiger partial charge is 0.332 e. The Morgan fingerprint density at radius 2 is 1.79 bits per heavy atom. The summed E-state index contributed by atoms with van der Waals surface area (Å²) in [5.41, 5.74) is -0.0641. The fourth-order valence-electron chi connectivity index (χ4n) is 3.57. The van der Waals surface area contributed by atoms with E-state index >= 15 is 0 Å². The second-order valence-electron chi connectivity index (χ2n) is 7.09. The number of aryl methyl sites for hydroxylation is 1. The zero-order valence-electron chi connectivity index (χ0n) is 16.1. The number of hydrogen-bond acceptors (Lipinski definition) is 5. The van der Waals surface area contributed by atoms with Crippen LogP contribution in [-0.2, 0) is 14.1 Å².